The molecule has 5 heterocycles. The van der Waals surface area contributed by atoms with Crippen LogP contribution in [0.4, 0.5) is 16.3 Å². The summed E-state index contributed by atoms with van der Waals surface area (Å²) in [5.41, 5.74) is 3.36. The van der Waals surface area contributed by atoms with Gasteiger partial charge in [-0.05, 0) is 64.1 Å². The second kappa shape index (κ2) is 20.9. The molecular weight excluding hydrogens is 880 g/mol. The predicted octanol–water partition coefficient (Wildman–Crippen LogP) is 5.97. The number of amides is 2. The fourth-order valence-corrected chi connectivity index (χ4v) is 9.42. The van der Waals surface area contributed by atoms with Crippen molar-refractivity contribution in [2.45, 2.75) is 70.7 Å². The number of morpholine rings is 1. The van der Waals surface area contributed by atoms with Gasteiger partial charge in [0, 0.05) is 44.2 Å². The molecule has 2 atom stereocenters. The number of fused-ring (bicyclic) bond motifs is 2. The monoisotopic (exact) mass is 932 g/mol. The number of alkyl halides is 1. The van der Waals surface area contributed by atoms with Crippen LogP contribution in [0.15, 0.2) is 46.4 Å². The molecule has 0 aliphatic carbocycles. The molecule has 21 heteroatoms. The Morgan fingerprint density at radius 1 is 0.908 bits per heavy atom. The predicted molar refractivity (Wildman–Crippen MR) is 247 cm³/mol. The number of carbonyl (C=O) groups excluding carboxylic acids is 4. The molecule has 2 aliphatic rings. The van der Waals surface area contributed by atoms with Crippen LogP contribution in [0.2, 0.25) is 0 Å². The van der Waals surface area contributed by atoms with Gasteiger partial charge in [-0.15, -0.1) is 23.1 Å². The summed E-state index contributed by atoms with van der Waals surface area (Å²) in [5.74, 6) is -1.41. The summed E-state index contributed by atoms with van der Waals surface area (Å²) in [6.45, 7) is 11.9. The van der Waals surface area contributed by atoms with Gasteiger partial charge in [-0.25, -0.2) is 28.9 Å². The van der Waals surface area contributed by atoms with E-state index in [9.17, 15) is 19.2 Å². The molecule has 2 aliphatic heterocycles. The van der Waals surface area contributed by atoms with Crippen molar-refractivity contribution in [3.05, 3.63) is 63.1 Å². The van der Waals surface area contributed by atoms with Crippen LogP contribution < -0.4 is 15.4 Å². The highest BCUT2D eigenvalue weighted by molar-refractivity contribution is 7.98. The molecule has 346 valence electrons. The van der Waals surface area contributed by atoms with Crippen molar-refractivity contribution in [1.29, 1.82) is 0 Å². The Hall–Kier alpha value is -5.90. The van der Waals surface area contributed by atoms with Crippen molar-refractivity contribution in [3.63, 3.8) is 0 Å². The molecule has 0 spiro atoms. The maximum absolute atomic E-state index is 15.4. The number of ether oxygens (including phenoxy) is 4. The smallest absolute Gasteiger partial charge is 0.338 e. The summed E-state index contributed by atoms with van der Waals surface area (Å²) < 4.78 is 41.0. The van der Waals surface area contributed by atoms with Gasteiger partial charge in [-0.3, -0.25) is 30.1 Å². The topological polar surface area (TPSA) is 197 Å². The number of imidazole rings is 2. The molecule has 1 fully saturated rings. The van der Waals surface area contributed by atoms with Crippen molar-refractivity contribution < 1.29 is 42.5 Å². The number of allylic oxidation sites excluding steroid dienone is 2. The van der Waals surface area contributed by atoms with E-state index >= 15 is 4.39 Å². The van der Waals surface area contributed by atoms with Crippen LogP contribution >= 0.6 is 23.1 Å². The number of benzene rings is 2. The lowest BCUT2D eigenvalue weighted by Crippen LogP contribution is -2.45. The van der Waals surface area contributed by atoms with Crippen LogP contribution in [0.5, 0.6) is 5.75 Å². The summed E-state index contributed by atoms with van der Waals surface area (Å²) in [5, 5.41) is 12.2. The Balaban J connectivity index is 1.26. The fraction of sp³-hybridized carbons (Fsp3) is 0.455. The first-order valence-corrected chi connectivity index (χ1v) is 23.3. The Bertz CT molecular complexity index is 2650. The van der Waals surface area contributed by atoms with Gasteiger partial charge < -0.3 is 28.1 Å². The molecule has 5 aromatic rings. The number of anilines is 2. The second-order valence-corrected chi connectivity index (χ2v) is 17.3. The SMILES string of the molecule is CCc1nc(C)sc1C(=O)Nc1nc2cc(C(=O)OC)cc(OCCCN3CCOCC3)c2n1C/C=C/Cn1c(NC(=O)C2C(F)C(C)=NN2CC)nc2cc(C(=O)OC)cc(SC)c21. The van der Waals surface area contributed by atoms with Crippen molar-refractivity contribution in [1.82, 2.24) is 34.0 Å². The molecule has 0 radical (unpaired) electrons. The van der Waals surface area contributed by atoms with E-state index in [4.69, 9.17) is 28.9 Å². The standard InChI is InChI=1S/C44H53FN10O8S2/c1-8-29-38(65-26(4)46-29)40(57)50-44-47-30-21-27(41(58)60-5)23-32(63-18-12-13-52-16-19-62-20-17-52)35(30)53(44)14-10-11-15-54-36-31(22-28(42(59)61-6)24-33(36)64-7)48-43(54)49-39(56)37-34(45)25(3)51-55(37)9-2/h10-11,21-24,34,37H,8-9,12-20H2,1-7H3,(H,47,50,57)(H,48,49,56)/b11-10+. The van der Waals surface area contributed by atoms with Crippen molar-refractivity contribution in [3.8, 4) is 5.75 Å². The summed E-state index contributed by atoms with van der Waals surface area (Å²) in [7, 11) is 2.59. The number of methoxy groups -OCH3 is 2. The van der Waals surface area contributed by atoms with E-state index in [1.54, 1.807) is 47.2 Å². The summed E-state index contributed by atoms with van der Waals surface area (Å²) in [6.07, 6.45) is 5.24. The number of thioether (sulfide) groups is 1. The van der Waals surface area contributed by atoms with E-state index in [1.807, 2.05) is 32.3 Å². The van der Waals surface area contributed by atoms with Gasteiger partial charge in [0.15, 0.2) is 12.2 Å². The number of hydrazone groups is 1. The number of thiazole rings is 1. The van der Waals surface area contributed by atoms with Crippen LogP contribution in [-0.2, 0) is 38.5 Å². The van der Waals surface area contributed by atoms with E-state index in [1.165, 1.54) is 42.3 Å². The number of rotatable bonds is 18. The third-order valence-electron chi connectivity index (χ3n) is 11.1. The zero-order valence-electron chi connectivity index (χ0n) is 37.4. The number of halogens is 1. The van der Waals surface area contributed by atoms with Gasteiger partial charge in [-0.1, -0.05) is 19.1 Å². The number of aryl methyl sites for hydroxylation is 2. The number of esters is 2. The van der Waals surface area contributed by atoms with E-state index in [2.05, 4.69) is 25.6 Å². The molecule has 1 saturated heterocycles. The molecule has 2 unspecified atom stereocenters. The summed E-state index contributed by atoms with van der Waals surface area (Å²) in [6, 6.07) is 5.31. The van der Waals surface area contributed by atoms with Gasteiger partial charge in [0.05, 0.1) is 78.1 Å². The molecule has 65 heavy (non-hydrogen) atoms. The van der Waals surface area contributed by atoms with E-state index < -0.39 is 30.1 Å². The first-order valence-electron chi connectivity index (χ1n) is 21.3. The largest absolute Gasteiger partial charge is 0.491 e. The number of carbonyl (C=O) groups is 4. The molecule has 2 aromatic carbocycles. The van der Waals surface area contributed by atoms with Crippen LogP contribution in [0.1, 0.15) is 68.3 Å². The second-order valence-electron chi connectivity index (χ2n) is 15.2. The molecule has 3 aromatic heterocycles. The van der Waals surface area contributed by atoms with Crippen molar-refractivity contribution >= 4 is 86.5 Å². The molecule has 18 nitrogen and oxygen atoms in total. The maximum Gasteiger partial charge on any atom is 0.338 e. The van der Waals surface area contributed by atoms with Crippen LogP contribution in [0.3, 0.4) is 0 Å². The van der Waals surface area contributed by atoms with Gasteiger partial charge in [0.2, 0.25) is 11.9 Å². The molecule has 0 saturated carbocycles. The number of hydrogen-bond acceptors (Lipinski definition) is 16. The van der Waals surface area contributed by atoms with Crippen LogP contribution in [-0.4, -0.2) is 142 Å². The van der Waals surface area contributed by atoms with Crippen molar-refractivity contribution in [2.24, 2.45) is 5.10 Å². The van der Waals surface area contributed by atoms with E-state index in [0.717, 1.165) is 24.6 Å². The van der Waals surface area contributed by atoms with Gasteiger partial charge >= 0.3 is 11.9 Å². The Morgan fingerprint density at radius 2 is 1.54 bits per heavy atom. The number of aromatic nitrogens is 5. The molecular formula is C44H53FN10O8S2. The first kappa shape index (κ1) is 47.1. The number of likely N-dealkylation sites (N-methyl/N-ethyl adjacent to an activating group) is 1. The Kier molecular flexibility index (Phi) is 15.2. The number of nitrogens with one attached hydrogen (secondary N) is 2. The van der Waals surface area contributed by atoms with E-state index in [0.29, 0.717) is 82.5 Å². The number of hydrogen-bond donors (Lipinski definition) is 2. The lowest BCUT2D eigenvalue weighted by Gasteiger charge is -2.26. The quantitative estimate of drug-likeness (QED) is 0.0451. The normalized spacial score (nSPS) is 16.7. The lowest BCUT2D eigenvalue weighted by atomic mass is 10.1. The Morgan fingerprint density at radius 3 is 2.17 bits per heavy atom. The zero-order chi connectivity index (χ0) is 46.4. The minimum Gasteiger partial charge on any atom is -0.491 e. The van der Waals surface area contributed by atoms with Gasteiger partial charge in [0.25, 0.3) is 11.8 Å². The molecule has 0 bridgehead atoms. The first-order chi connectivity index (χ1) is 31.4. The fourth-order valence-electron chi connectivity index (χ4n) is 7.86. The lowest BCUT2D eigenvalue weighted by molar-refractivity contribution is -0.122. The summed E-state index contributed by atoms with van der Waals surface area (Å²) >= 11 is 2.68. The molecule has 2 amide bonds. The highest BCUT2D eigenvalue weighted by Crippen LogP contribution is 2.34. The van der Waals surface area contributed by atoms with Crippen LogP contribution in [0.25, 0.3) is 22.1 Å². The highest BCUT2D eigenvalue weighted by Gasteiger charge is 2.40. The molecule has 7 rings (SSSR count). The maximum atomic E-state index is 15.4. The van der Waals surface area contributed by atoms with Crippen molar-refractivity contribution in [2.75, 3.05) is 77.1 Å². The minimum atomic E-state index is -1.61. The van der Waals surface area contributed by atoms with E-state index in [-0.39, 0.29) is 47.7 Å². The zero-order valence-corrected chi connectivity index (χ0v) is 39.1. The average Bonchev–Trinajstić information content (AvgIpc) is 4.06. The third kappa shape index (κ3) is 10.2. The highest BCUT2D eigenvalue weighted by atomic mass is 32.2. The third-order valence-corrected chi connectivity index (χ3v) is 12.8. The molecule has 2 N–H and O–H groups in total. The minimum absolute atomic E-state index is 0.135. The number of nitrogens with zero attached hydrogens (tertiary/aromatic N) is 8. The van der Waals surface area contributed by atoms with Crippen LogP contribution in [0, 0.1) is 6.92 Å². The Labute approximate surface area is 383 Å². The summed E-state index contributed by atoms with van der Waals surface area (Å²) in [4.78, 5) is 70.9. The van der Waals surface area contributed by atoms with Gasteiger partial charge in [0.1, 0.15) is 16.1 Å². The average molecular weight is 933 g/mol. The van der Waals surface area contributed by atoms with Gasteiger partial charge in [-0.2, -0.15) is 5.10 Å².